The molecule has 0 bridgehead atoms. The van der Waals surface area contributed by atoms with Crippen LogP contribution in [0.5, 0.6) is 0 Å². The van der Waals surface area contributed by atoms with Crippen LogP contribution in [-0.4, -0.2) is 70.2 Å². The Balaban J connectivity index is 0.00000341. The van der Waals surface area contributed by atoms with Gasteiger partial charge in [0.15, 0.2) is 10.8 Å². The number of hydrogen-bond donors (Lipinski definition) is 2. The number of nitrogens with two attached hydrogens (primary N) is 1. The van der Waals surface area contributed by atoms with Crippen molar-refractivity contribution in [2.75, 3.05) is 25.2 Å². The third-order valence-electron chi connectivity index (χ3n) is 4.14. The standard InChI is InChI=1S/C16H17N5O7S2.Na/c1-6(22)28-3-7-4-29-14-10(13(24)21(14)11(7)15(25)26)19-12(23)9(20-27-2)8-5-30-16(17)18-8;/h5,10,14H,3-4H2,1-2H3,(H2,17,18)(H,19,23)(H,25,26);/q;+1/p-1/t10-,14-;/m0./s1. The molecule has 2 aliphatic heterocycles. The number of β-lactam (4-membered cyclic amide) rings is 1. The Morgan fingerprint density at radius 1 is 1.45 bits per heavy atom. The Bertz CT molecular complexity index is 979. The second-order valence-corrected chi connectivity index (χ2v) is 8.07. The first kappa shape index (κ1) is 25.1. The fourth-order valence-corrected chi connectivity index (χ4v) is 4.75. The number of ether oxygens (including phenoxy) is 1. The number of rotatable bonds is 7. The van der Waals surface area contributed by atoms with Crippen molar-refractivity contribution in [1.29, 1.82) is 0 Å². The number of thiazole rings is 1. The largest absolute Gasteiger partial charge is 1.00 e. The Morgan fingerprint density at radius 2 is 2.16 bits per heavy atom. The molecule has 0 radical (unpaired) electrons. The number of carbonyl (C=O) groups is 4. The van der Waals surface area contributed by atoms with Gasteiger partial charge in [0, 0.05) is 23.6 Å². The van der Waals surface area contributed by atoms with E-state index in [1.807, 2.05) is 0 Å². The summed E-state index contributed by atoms with van der Waals surface area (Å²) >= 11 is 2.32. The number of esters is 1. The zero-order valence-electron chi connectivity index (χ0n) is 16.7. The van der Waals surface area contributed by atoms with E-state index in [1.54, 1.807) is 0 Å². The quantitative estimate of drug-likeness (QED) is 0.127. The van der Waals surface area contributed by atoms with E-state index in [0.717, 1.165) is 16.2 Å². The molecule has 1 aromatic heterocycles. The van der Waals surface area contributed by atoms with E-state index >= 15 is 0 Å². The van der Waals surface area contributed by atoms with Crippen LogP contribution in [0.4, 0.5) is 5.13 Å². The van der Waals surface area contributed by atoms with Crippen molar-refractivity contribution in [2.45, 2.75) is 18.3 Å². The van der Waals surface area contributed by atoms with Gasteiger partial charge in [-0.3, -0.25) is 19.3 Å². The monoisotopic (exact) mass is 477 g/mol. The van der Waals surface area contributed by atoms with E-state index < -0.39 is 35.2 Å². The van der Waals surface area contributed by atoms with Gasteiger partial charge < -0.3 is 30.5 Å². The average Bonchev–Trinajstić information content (AvgIpc) is 3.13. The Kier molecular flexibility index (Phi) is 8.48. The van der Waals surface area contributed by atoms with Crippen molar-refractivity contribution in [3.63, 3.8) is 0 Å². The van der Waals surface area contributed by atoms with E-state index in [9.17, 15) is 24.3 Å². The van der Waals surface area contributed by atoms with E-state index in [2.05, 4.69) is 20.3 Å². The van der Waals surface area contributed by atoms with Crippen LogP contribution < -0.4 is 45.7 Å². The zero-order valence-corrected chi connectivity index (χ0v) is 20.4. The average molecular weight is 477 g/mol. The molecule has 1 fully saturated rings. The zero-order chi connectivity index (χ0) is 22.0. The smallest absolute Gasteiger partial charge is 0.543 e. The first-order valence-corrected chi connectivity index (χ1v) is 10.3. The molecule has 31 heavy (non-hydrogen) atoms. The normalized spacial score (nSPS) is 20.3. The van der Waals surface area contributed by atoms with Crippen LogP contribution in [0, 0.1) is 0 Å². The van der Waals surface area contributed by atoms with Gasteiger partial charge in [0.05, 0.1) is 11.7 Å². The molecule has 2 atom stereocenters. The molecule has 15 heteroatoms. The second-order valence-electron chi connectivity index (χ2n) is 6.07. The molecule has 160 valence electrons. The Hall–Kier alpha value is -2.13. The molecular formula is C16H16N5NaO7S2. The van der Waals surface area contributed by atoms with Crippen LogP contribution >= 0.6 is 23.1 Å². The predicted octanol–water partition coefficient (Wildman–Crippen LogP) is -4.95. The molecule has 1 aromatic rings. The number of oxime groups is 1. The van der Waals surface area contributed by atoms with Gasteiger partial charge in [0.1, 0.15) is 30.8 Å². The number of carboxylic acid groups (broad SMARTS) is 1. The fourth-order valence-electron chi connectivity index (χ4n) is 2.87. The van der Waals surface area contributed by atoms with E-state index in [1.165, 1.54) is 31.2 Å². The third-order valence-corrected chi connectivity index (χ3v) is 6.15. The van der Waals surface area contributed by atoms with Crippen molar-refractivity contribution in [3.8, 4) is 0 Å². The second kappa shape index (κ2) is 10.5. The van der Waals surface area contributed by atoms with E-state index in [-0.39, 0.29) is 69.7 Å². The summed E-state index contributed by atoms with van der Waals surface area (Å²) in [5.41, 5.74) is 5.46. The maximum atomic E-state index is 12.6. The number of amides is 2. The summed E-state index contributed by atoms with van der Waals surface area (Å²) in [6.45, 7) is 0.919. The molecule has 0 saturated carbocycles. The van der Waals surface area contributed by atoms with Crippen LogP contribution in [-0.2, 0) is 28.8 Å². The van der Waals surface area contributed by atoms with Crippen LogP contribution in [0.1, 0.15) is 12.6 Å². The summed E-state index contributed by atoms with van der Waals surface area (Å²) in [5.74, 6) is -3.35. The van der Waals surface area contributed by atoms with Gasteiger partial charge in [-0.05, 0) is 0 Å². The molecule has 0 aliphatic carbocycles. The summed E-state index contributed by atoms with van der Waals surface area (Å²) in [7, 11) is 1.25. The predicted molar refractivity (Wildman–Crippen MR) is 104 cm³/mol. The van der Waals surface area contributed by atoms with Crippen molar-refractivity contribution in [2.24, 2.45) is 5.16 Å². The van der Waals surface area contributed by atoms with Gasteiger partial charge in [-0.1, -0.05) is 5.16 Å². The minimum atomic E-state index is -1.57. The summed E-state index contributed by atoms with van der Waals surface area (Å²) < 4.78 is 4.85. The third kappa shape index (κ3) is 5.20. The van der Waals surface area contributed by atoms with Crippen LogP contribution in [0.3, 0.4) is 0 Å². The van der Waals surface area contributed by atoms with Gasteiger partial charge in [-0.25, -0.2) is 4.98 Å². The number of nitrogens with zero attached hydrogens (tertiary/aromatic N) is 3. The number of aliphatic carboxylic acids is 1. The van der Waals surface area contributed by atoms with Gasteiger partial charge in [-0.15, -0.1) is 23.1 Å². The maximum absolute atomic E-state index is 12.6. The number of fused-ring (bicyclic) bond motifs is 1. The summed E-state index contributed by atoms with van der Waals surface area (Å²) in [6, 6.07) is -0.995. The number of aromatic nitrogens is 1. The number of thioether (sulfide) groups is 1. The Labute approximate surface area is 206 Å². The van der Waals surface area contributed by atoms with Crippen LogP contribution in [0.25, 0.3) is 0 Å². The number of hydrogen-bond acceptors (Lipinski definition) is 12. The van der Waals surface area contributed by atoms with Crippen LogP contribution in [0.15, 0.2) is 21.8 Å². The fraction of sp³-hybridized carbons (Fsp3) is 0.375. The summed E-state index contributed by atoms with van der Waals surface area (Å²) in [5, 5.41) is 18.8. The first-order valence-electron chi connectivity index (χ1n) is 8.39. The number of nitrogen functional groups attached to an aromatic ring is 1. The minimum Gasteiger partial charge on any atom is -0.543 e. The van der Waals surface area contributed by atoms with Gasteiger partial charge in [0.25, 0.3) is 11.8 Å². The summed E-state index contributed by atoms with van der Waals surface area (Å²) in [4.78, 5) is 57.5. The van der Waals surface area contributed by atoms with E-state index in [0.29, 0.717) is 0 Å². The van der Waals surface area contributed by atoms with Gasteiger partial charge in [0.2, 0.25) is 0 Å². The first-order chi connectivity index (χ1) is 14.2. The van der Waals surface area contributed by atoms with Crippen molar-refractivity contribution in [3.05, 3.63) is 22.3 Å². The van der Waals surface area contributed by atoms with Gasteiger partial charge >= 0.3 is 35.5 Å². The van der Waals surface area contributed by atoms with Crippen molar-refractivity contribution < 1.29 is 63.4 Å². The molecule has 2 aliphatic rings. The number of anilines is 1. The maximum Gasteiger partial charge on any atom is 1.00 e. The molecule has 0 unspecified atom stereocenters. The number of carboxylic acids is 1. The van der Waals surface area contributed by atoms with Crippen molar-refractivity contribution in [1.82, 2.24) is 15.2 Å². The molecule has 3 rings (SSSR count). The number of nitrogens with one attached hydrogen (secondary N) is 1. The molecule has 0 aromatic carbocycles. The molecule has 3 heterocycles. The van der Waals surface area contributed by atoms with Crippen molar-refractivity contribution >= 4 is 57.7 Å². The molecule has 0 spiro atoms. The van der Waals surface area contributed by atoms with Crippen LogP contribution in [0.2, 0.25) is 0 Å². The van der Waals surface area contributed by atoms with Gasteiger partial charge in [-0.2, -0.15) is 0 Å². The molecule has 3 N–H and O–H groups in total. The SMILES string of the molecule is CON=C(C(=O)N[C@H]1C(=O)N2C(C(=O)[O-])=C(COC(C)=O)CS[C@@H]12)c1csc(N)n1.[Na+]. The molecular weight excluding hydrogens is 461 g/mol. The Morgan fingerprint density at radius 3 is 2.71 bits per heavy atom. The molecule has 2 amide bonds. The van der Waals surface area contributed by atoms with E-state index in [4.69, 9.17) is 10.5 Å². The minimum absolute atomic E-state index is 0. The number of carbonyl (C=O) groups excluding carboxylic acids is 4. The topological polar surface area (TPSA) is 176 Å². The molecule has 12 nitrogen and oxygen atoms in total. The summed E-state index contributed by atoms with van der Waals surface area (Å²) in [6.07, 6.45) is 0. The molecule has 1 saturated heterocycles.